The molecule has 0 spiro atoms. The van der Waals surface area contributed by atoms with Gasteiger partial charge >= 0.3 is 6.09 Å². The summed E-state index contributed by atoms with van der Waals surface area (Å²) in [5.41, 5.74) is 2.85. The number of nitrogens with one attached hydrogen (secondary N) is 2. The van der Waals surface area contributed by atoms with Gasteiger partial charge in [-0.3, -0.25) is 15.5 Å². The van der Waals surface area contributed by atoms with Crippen molar-refractivity contribution in [2.24, 2.45) is 5.10 Å². The molecule has 3 aromatic rings. The predicted octanol–water partition coefficient (Wildman–Crippen LogP) is 4.68. The minimum Gasteiger partial charge on any atom is -0.450 e. The minimum absolute atomic E-state index is 0.0614. The molecule has 0 bridgehead atoms. The van der Waals surface area contributed by atoms with Crippen LogP contribution in [0.4, 0.5) is 10.5 Å². The Labute approximate surface area is 204 Å². The summed E-state index contributed by atoms with van der Waals surface area (Å²) in [6.07, 6.45) is 2.27. The number of benzene rings is 1. The fourth-order valence-electron chi connectivity index (χ4n) is 2.83. The number of aromatic nitrogens is 3. The van der Waals surface area contributed by atoms with Crippen molar-refractivity contribution in [2.75, 3.05) is 12.0 Å². The van der Waals surface area contributed by atoms with Crippen LogP contribution in [0.25, 0.3) is 11.0 Å². The molecule has 2 N–H and O–H groups in total. The van der Waals surface area contributed by atoms with Crippen molar-refractivity contribution < 1.29 is 19.1 Å². The highest BCUT2D eigenvalue weighted by Gasteiger charge is 2.18. The second-order valence-corrected chi connectivity index (χ2v) is 7.78. The maximum Gasteiger partial charge on any atom is 0.414 e. The van der Waals surface area contributed by atoms with E-state index in [9.17, 15) is 9.59 Å². The van der Waals surface area contributed by atoms with Gasteiger partial charge in [-0.2, -0.15) is 10.4 Å². The molecule has 0 aliphatic carbocycles. The molecule has 34 heavy (non-hydrogen) atoms. The summed E-state index contributed by atoms with van der Waals surface area (Å²) in [7, 11) is 0. The molecule has 0 saturated carbocycles. The molecule has 11 nitrogen and oxygen atoms in total. The average molecular weight is 504 g/mol. The first-order valence-electron chi connectivity index (χ1n) is 9.95. The maximum absolute atomic E-state index is 11.9. The molecule has 0 fully saturated rings. The van der Waals surface area contributed by atoms with Crippen LogP contribution in [0.2, 0.25) is 10.0 Å². The lowest BCUT2D eigenvalue weighted by Crippen LogP contribution is -2.36. The Bertz CT molecular complexity index is 1290. The van der Waals surface area contributed by atoms with Crippen LogP contribution in [0, 0.1) is 11.3 Å². The Morgan fingerprint density at radius 2 is 1.97 bits per heavy atom. The molecule has 2 amide bonds. The number of anilines is 1. The smallest absolute Gasteiger partial charge is 0.414 e. The quantitative estimate of drug-likeness (QED) is 0.349. The van der Waals surface area contributed by atoms with Crippen LogP contribution in [0.3, 0.4) is 0 Å². The standard InChI is InChI=1S/C21H19Cl2N7O4/c1-4-33-21(32)27-19(31)16(9-24)29-28-12-7-14(22)17(15(23)8-12)34-20-13-5-6-30(11(2)3)18(13)25-10-26-20/h5-8,10-11,28H,4H2,1-3H3,(H,27,31,32)/b29-16+. The third-order valence-electron chi connectivity index (χ3n) is 4.33. The number of fused-ring (bicyclic) bond motifs is 1. The molecular formula is C21H19Cl2N7O4. The van der Waals surface area contributed by atoms with Crippen molar-refractivity contribution in [1.29, 1.82) is 5.26 Å². The Morgan fingerprint density at radius 3 is 2.59 bits per heavy atom. The van der Waals surface area contributed by atoms with E-state index in [1.54, 1.807) is 13.0 Å². The molecule has 0 atom stereocenters. The van der Waals surface area contributed by atoms with Crippen molar-refractivity contribution in [1.82, 2.24) is 19.9 Å². The number of hydrazone groups is 1. The number of amides is 2. The van der Waals surface area contributed by atoms with Gasteiger partial charge in [-0.15, -0.1) is 0 Å². The van der Waals surface area contributed by atoms with E-state index in [1.807, 2.05) is 36.0 Å². The third kappa shape index (κ3) is 5.54. The molecule has 0 radical (unpaired) electrons. The Kier molecular flexibility index (Phi) is 7.88. The number of nitriles is 1. The van der Waals surface area contributed by atoms with Gasteiger partial charge in [0, 0.05) is 12.2 Å². The Morgan fingerprint density at radius 1 is 1.26 bits per heavy atom. The van der Waals surface area contributed by atoms with Gasteiger partial charge < -0.3 is 14.0 Å². The van der Waals surface area contributed by atoms with Crippen LogP contribution in [0.5, 0.6) is 11.6 Å². The first-order valence-corrected chi connectivity index (χ1v) is 10.7. The molecule has 176 valence electrons. The number of ether oxygens (including phenoxy) is 2. The van der Waals surface area contributed by atoms with Gasteiger partial charge in [0.1, 0.15) is 18.0 Å². The molecule has 0 unspecified atom stereocenters. The molecular weight excluding hydrogens is 485 g/mol. The van der Waals surface area contributed by atoms with Gasteiger partial charge in [0.25, 0.3) is 5.91 Å². The van der Waals surface area contributed by atoms with Crippen molar-refractivity contribution in [3.05, 3.63) is 40.8 Å². The number of alkyl carbamates (subject to hydrolysis) is 1. The van der Waals surface area contributed by atoms with Crippen LogP contribution in [-0.2, 0) is 9.53 Å². The van der Waals surface area contributed by atoms with Crippen molar-refractivity contribution in [3.63, 3.8) is 0 Å². The van der Waals surface area contributed by atoms with Crippen LogP contribution >= 0.6 is 23.2 Å². The molecule has 2 aromatic heterocycles. The molecule has 0 aliphatic heterocycles. The topological polar surface area (TPSA) is 144 Å². The number of carbonyl (C=O) groups is 2. The first kappa shape index (κ1) is 24.8. The number of imide groups is 1. The van der Waals surface area contributed by atoms with E-state index in [-0.39, 0.29) is 40.0 Å². The van der Waals surface area contributed by atoms with Crippen LogP contribution in [-0.4, -0.2) is 38.9 Å². The number of carbonyl (C=O) groups excluding carboxylic acids is 2. The molecule has 13 heteroatoms. The van der Waals surface area contributed by atoms with E-state index in [4.69, 9.17) is 33.2 Å². The van der Waals surface area contributed by atoms with Crippen molar-refractivity contribution in [3.8, 4) is 17.7 Å². The van der Waals surface area contributed by atoms with Crippen molar-refractivity contribution in [2.45, 2.75) is 26.8 Å². The second-order valence-electron chi connectivity index (χ2n) is 6.96. The summed E-state index contributed by atoms with van der Waals surface area (Å²) in [5, 5.41) is 15.6. The van der Waals surface area contributed by atoms with E-state index in [0.29, 0.717) is 11.0 Å². The van der Waals surface area contributed by atoms with E-state index in [0.717, 1.165) is 0 Å². The summed E-state index contributed by atoms with van der Waals surface area (Å²) >= 11 is 12.7. The Hall–Kier alpha value is -3.88. The van der Waals surface area contributed by atoms with Gasteiger partial charge in [0.15, 0.2) is 5.75 Å². The molecule has 0 saturated heterocycles. The number of halogens is 2. The molecule has 1 aromatic carbocycles. The lowest BCUT2D eigenvalue weighted by molar-refractivity contribution is -0.114. The van der Waals surface area contributed by atoms with Crippen LogP contribution in [0.1, 0.15) is 26.8 Å². The molecule has 2 heterocycles. The maximum atomic E-state index is 11.9. The summed E-state index contributed by atoms with van der Waals surface area (Å²) in [5.74, 6) is -0.614. The predicted molar refractivity (Wildman–Crippen MR) is 126 cm³/mol. The normalized spacial score (nSPS) is 11.3. The lowest BCUT2D eigenvalue weighted by atomic mass is 10.3. The number of rotatable bonds is 7. The summed E-state index contributed by atoms with van der Waals surface area (Å²) in [6.45, 7) is 5.69. The van der Waals surface area contributed by atoms with Gasteiger partial charge in [-0.1, -0.05) is 23.2 Å². The second kappa shape index (κ2) is 10.8. The van der Waals surface area contributed by atoms with E-state index in [2.05, 4.69) is 25.2 Å². The van der Waals surface area contributed by atoms with E-state index < -0.39 is 17.7 Å². The minimum atomic E-state index is -1.04. The summed E-state index contributed by atoms with van der Waals surface area (Å²) in [6, 6.07) is 6.47. The first-order chi connectivity index (χ1) is 16.2. The average Bonchev–Trinajstić information content (AvgIpc) is 3.22. The van der Waals surface area contributed by atoms with Gasteiger partial charge in [0.05, 0.1) is 27.7 Å². The largest absolute Gasteiger partial charge is 0.450 e. The lowest BCUT2D eigenvalue weighted by Gasteiger charge is -2.12. The SMILES string of the molecule is CCOC(=O)NC(=O)/C(C#N)=N/Nc1cc(Cl)c(Oc2ncnc3c2ccn3C(C)C)c(Cl)c1. The van der Waals surface area contributed by atoms with Gasteiger partial charge in [0.2, 0.25) is 11.6 Å². The fraction of sp³-hybridized carbons (Fsp3) is 0.238. The Balaban J connectivity index is 1.81. The summed E-state index contributed by atoms with van der Waals surface area (Å²) < 4.78 is 12.5. The van der Waals surface area contributed by atoms with Crippen LogP contribution in [0.15, 0.2) is 35.8 Å². The summed E-state index contributed by atoms with van der Waals surface area (Å²) in [4.78, 5) is 31.8. The molecule has 3 rings (SSSR count). The zero-order valence-electron chi connectivity index (χ0n) is 18.3. The molecule has 0 aliphatic rings. The number of hydrogen-bond donors (Lipinski definition) is 2. The highest BCUT2D eigenvalue weighted by molar-refractivity contribution is 6.47. The van der Waals surface area contributed by atoms with E-state index in [1.165, 1.54) is 18.5 Å². The number of hydrogen-bond acceptors (Lipinski definition) is 9. The van der Waals surface area contributed by atoms with Crippen molar-refractivity contribution >= 4 is 57.6 Å². The van der Waals surface area contributed by atoms with Gasteiger partial charge in [-0.25, -0.2) is 14.8 Å². The van der Waals surface area contributed by atoms with E-state index >= 15 is 0 Å². The van der Waals surface area contributed by atoms with Gasteiger partial charge in [-0.05, 0) is 39.0 Å². The van der Waals surface area contributed by atoms with Crippen LogP contribution < -0.4 is 15.5 Å². The monoisotopic (exact) mass is 503 g/mol. The zero-order chi connectivity index (χ0) is 24.8. The number of nitrogens with zero attached hydrogens (tertiary/aromatic N) is 5. The zero-order valence-corrected chi connectivity index (χ0v) is 19.8. The third-order valence-corrected chi connectivity index (χ3v) is 4.90. The fourth-order valence-corrected chi connectivity index (χ4v) is 3.39. The highest BCUT2D eigenvalue weighted by Crippen LogP contribution is 2.40. The highest BCUT2D eigenvalue weighted by atomic mass is 35.5.